The van der Waals surface area contributed by atoms with Crippen LogP contribution in [0.2, 0.25) is 5.02 Å². The molecular weight excluding hydrogens is 464 g/mol. The average Bonchev–Trinajstić information content (AvgIpc) is 3.10. The maximum absolute atomic E-state index is 13.4. The number of amides is 2. The van der Waals surface area contributed by atoms with Crippen molar-refractivity contribution in [3.8, 4) is 0 Å². The first-order valence-corrected chi connectivity index (χ1v) is 13.0. The van der Waals surface area contributed by atoms with Gasteiger partial charge in [0.1, 0.15) is 0 Å². The molecule has 0 bridgehead atoms. The van der Waals surface area contributed by atoms with Crippen LogP contribution in [0.1, 0.15) is 56.4 Å². The molecule has 1 aromatic heterocycles. The topological polar surface area (TPSA) is 82.6 Å². The van der Waals surface area contributed by atoms with Gasteiger partial charge in [-0.2, -0.15) is 0 Å². The van der Waals surface area contributed by atoms with Crippen LogP contribution >= 0.6 is 11.6 Å². The number of carbonyl (C=O) groups excluding carboxylic acids is 1. The Labute approximate surface area is 212 Å². The zero-order valence-corrected chi connectivity index (χ0v) is 21.4. The van der Waals surface area contributed by atoms with Crippen molar-refractivity contribution in [3.63, 3.8) is 0 Å². The molecule has 0 aliphatic carbocycles. The van der Waals surface area contributed by atoms with E-state index in [4.69, 9.17) is 21.3 Å². The molecule has 8 nitrogen and oxygen atoms in total. The van der Waals surface area contributed by atoms with Gasteiger partial charge in [-0.05, 0) is 63.8 Å². The van der Waals surface area contributed by atoms with Crippen LogP contribution in [0.5, 0.6) is 0 Å². The van der Waals surface area contributed by atoms with Crippen LogP contribution < -0.4 is 10.6 Å². The quantitative estimate of drug-likeness (QED) is 0.644. The van der Waals surface area contributed by atoms with E-state index in [9.17, 15) is 4.79 Å². The van der Waals surface area contributed by atoms with Crippen LogP contribution in [0.15, 0.2) is 30.5 Å². The van der Waals surface area contributed by atoms with E-state index in [-0.39, 0.29) is 12.1 Å². The highest BCUT2D eigenvalue weighted by molar-refractivity contribution is 6.30. The van der Waals surface area contributed by atoms with Crippen molar-refractivity contribution in [1.82, 2.24) is 25.1 Å². The Morgan fingerprint density at radius 3 is 2.86 bits per heavy atom. The Morgan fingerprint density at radius 1 is 1.23 bits per heavy atom. The Morgan fingerprint density at radius 2 is 2.06 bits per heavy atom. The molecule has 2 amide bonds. The standard InChI is InChI=1S/C26H35ClN6O2/c1-26(2)22-14-28-24(29-20-8-11-35-12-9-20)31-23(22)17-33(26)25(34)30-21-7-4-10-32(16-21)15-18-5-3-6-19(27)13-18/h3,5-6,13-14,20-21H,4,7-12,15-17H2,1-2H3,(H,30,34)(H,28,29,31). The second kappa shape index (κ2) is 10.3. The van der Waals surface area contributed by atoms with Crippen LogP contribution in [0.4, 0.5) is 10.7 Å². The van der Waals surface area contributed by atoms with Gasteiger partial charge >= 0.3 is 6.03 Å². The molecule has 5 rings (SSSR count). The van der Waals surface area contributed by atoms with Crippen LogP contribution in [0.25, 0.3) is 0 Å². The number of hydrogen-bond donors (Lipinski definition) is 2. The fraction of sp³-hybridized carbons (Fsp3) is 0.577. The lowest BCUT2D eigenvalue weighted by Crippen LogP contribution is -2.53. The summed E-state index contributed by atoms with van der Waals surface area (Å²) in [7, 11) is 0. The number of aromatic nitrogens is 2. The lowest BCUT2D eigenvalue weighted by molar-refractivity contribution is 0.0903. The van der Waals surface area contributed by atoms with Crippen LogP contribution in [0, 0.1) is 0 Å². The number of carbonyl (C=O) groups is 1. The molecule has 35 heavy (non-hydrogen) atoms. The lowest BCUT2D eigenvalue weighted by Gasteiger charge is -2.37. The number of piperidine rings is 1. The van der Waals surface area contributed by atoms with Crippen LogP contribution in [0.3, 0.4) is 0 Å². The Hall–Kier alpha value is -2.42. The molecular formula is C26H35ClN6O2. The zero-order valence-electron chi connectivity index (χ0n) is 20.6. The molecule has 2 aromatic rings. The number of likely N-dealkylation sites (tertiary alicyclic amines) is 1. The number of benzene rings is 1. The van der Waals surface area contributed by atoms with Crippen molar-refractivity contribution in [2.75, 3.05) is 31.6 Å². The minimum absolute atomic E-state index is 0.0402. The molecule has 2 saturated heterocycles. The summed E-state index contributed by atoms with van der Waals surface area (Å²) in [6.07, 6.45) is 5.83. The largest absolute Gasteiger partial charge is 0.381 e. The molecule has 2 fully saturated rings. The highest BCUT2D eigenvalue weighted by Crippen LogP contribution is 2.38. The summed E-state index contributed by atoms with van der Waals surface area (Å²) in [6.45, 7) is 8.85. The van der Waals surface area contributed by atoms with Gasteiger partial charge in [0.15, 0.2) is 0 Å². The second-order valence-electron chi connectivity index (χ2n) is 10.4. The second-order valence-corrected chi connectivity index (χ2v) is 10.8. The van der Waals surface area contributed by atoms with Crippen molar-refractivity contribution in [2.45, 2.75) is 70.2 Å². The van der Waals surface area contributed by atoms with Gasteiger partial charge in [-0.25, -0.2) is 14.8 Å². The number of hydrogen-bond acceptors (Lipinski definition) is 6. The summed E-state index contributed by atoms with van der Waals surface area (Å²) in [6, 6.07) is 8.41. The summed E-state index contributed by atoms with van der Waals surface area (Å²) >= 11 is 6.16. The number of urea groups is 1. The predicted molar refractivity (Wildman–Crippen MR) is 136 cm³/mol. The molecule has 4 heterocycles. The van der Waals surface area contributed by atoms with E-state index in [1.54, 1.807) is 0 Å². The normalized spacial score (nSPS) is 22.6. The minimum Gasteiger partial charge on any atom is -0.381 e. The molecule has 3 aliphatic heterocycles. The number of fused-ring (bicyclic) bond motifs is 1. The third kappa shape index (κ3) is 5.55. The number of nitrogens with zero attached hydrogens (tertiary/aromatic N) is 4. The summed E-state index contributed by atoms with van der Waals surface area (Å²) in [5.41, 5.74) is 2.66. The zero-order chi connectivity index (χ0) is 24.4. The first-order chi connectivity index (χ1) is 16.9. The Balaban J connectivity index is 1.20. The van der Waals surface area contributed by atoms with Gasteiger partial charge in [0.2, 0.25) is 5.95 Å². The summed E-state index contributed by atoms with van der Waals surface area (Å²) in [5.74, 6) is 0.637. The third-order valence-corrected chi connectivity index (χ3v) is 7.67. The van der Waals surface area contributed by atoms with E-state index in [0.29, 0.717) is 18.5 Å². The van der Waals surface area contributed by atoms with E-state index in [1.165, 1.54) is 5.56 Å². The Bertz CT molecular complexity index is 1060. The first-order valence-electron chi connectivity index (χ1n) is 12.6. The maximum Gasteiger partial charge on any atom is 0.318 e. The van der Waals surface area contributed by atoms with E-state index < -0.39 is 5.54 Å². The predicted octanol–water partition coefficient (Wildman–Crippen LogP) is 4.15. The van der Waals surface area contributed by atoms with Gasteiger partial charge in [0.05, 0.1) is 17.8 Å². The van der Waals surface area contributed by atoms with Crippen molar-refractivity contribution < 1.29 is 9.53 Å². The number of anilines is 1. The highest BCUT2D eigenvalue weighted by Gasteiger charge is 2.42. The fourth-order valence-corrected chi connectivity index (χ4v) is 5.64. The van der Waals surface area contributed by atoms with Crippen molar-refractivity contribution in [3.05, 3.63) is 52.3 Å². The van der Waals surface area contributed by atoms with Gasteiger partial charge in [0.25, 0.3) is 0 Å². The molecule has 1 aromatic carbocycles. The average molecular weight is 499 g/mol. The number of halogens is 1. The summed E-state index contributed by atoms with van der Waals surface area (Å²) in [5, 5.41) is 7.50. The van der Waals surface area contributed by atoms with Gasteiger partial charge in [-0.1, -0.05) is 23.7 Å². The highest BCUT2D eigenvalue weighted by atomic mass is 35.5. The molecule has 3 aliphatic rings. The fourth-order valence-electron chi connectivity index (χ4n) is 5.42. The molecule has 0 saturated carbocycles. The molecule has 1 atom stereocenters. The summed E-state index contributed by atoms with van der Waals surface area (Å²) < 4.78 is 5.44. The molecule has 2 N–H and O–H groups in total. The Kier molecular flexibility index (Phi) is 7.14. The van der Waals surface area contributed by atoms with E-state index in [1.807, 2.05) is 29.3 Å². The van der Waals surface area contributed by atoms with Gasteiger partial charge < -0.3 is 20.3 Å². The van der Waals surface area contributed by atoms with Crippen LogP contribution in [-0.2, 0) is 23.4 Å². The maximum atomic E-state index is 13.4. The van der Waals surface area contributed by atoms with Gasteiger partial charge in [0, 0.05) is 55.2 Å². The van der Waals surface area contributed by atoms with Gasteiger partial charge in [-0.15, -0.1) is 0 Å². The molecule has 0 spiro atoms. The molecule has 9 heteroatoms. The van der Waals surface area contributed by atoms with E-state index in [2.05, 4.69) is 40.4 Å². The monoisotopic (exact) mass is 498 g/mol. The van der Waals surface area contributed by atoms with Crippen LogP contribution in [-0.4, -0.2) is 64.2 Å². The number of ether oxygens (including phenoxy) is 1. The van der Waals surface area contributed by atoms with E-state index >= 15 is 0 Å². The number of nitrogens with one attached hydrogen (secondary N) is 2. The first kappa shape index (κ1) is 24.3. The van der Waals surface area contributed by atoms with Crippen molar-refractivity contribution >= 4 is 23.6 Å². The van der Waals surface area contributed by atoms with E-state index in [0.717, 1.165) is 74.8 Å². The SMILES string of the molecule is CC1(C)c2cnc(NC3CCOCC3)nc2CN1C(=O)NC1CCCN(Cc2cccc(Cl)c2)C1. The minimum atomic E-state index is -0.467. The number of rotatable bonds is 5. The van der Waals surface area contributed by atoms with Crippen molar-refractivity contribution in [2.24, 2.45) is 0 Å². The molecule has 188 valence electrons. The van der Waals surface area contributed by atoms with Crippen molar-refractivity contribution in [1.29, 1.82) is 0 Å². The summed E-state index contributed by atoms with van der Waals surface area (Å²) in [4.78, 5) is 27.0. The van der Waals surface area contributed by atoms with Gasteiger partial charge in [-0.3, -0.25) is 4.90 Å². The smallest absolute Gasteiger partial charge is 0.318 e. The molecule has 1 unspecified atom stereocenters. The lowest BCUT2D eigenvalue weighted by atomic mass is 9.97. The third-order valence-electron chi connectivity index (χ3n) is 7.44. The molecule has 0 radical (unpaired) electrons.